The molecule has 0 spiro atoms. The normalized spacial score (nSPS) is 10.2. The summed E-state index contributed by atoms with van der Waals surface area (Å²) in [6.07, 6.45) is 0.958. The molecule has 28 heavy (non-hydrogen) atoms. The fraction of sp³-hybridized carbons (Fsp3) is 0.318. The number of ether oxygens (including phenoxy) is 1. The lowest BCUT2D eigenvalue weighted by atomic mass is 10.1. The summed E-state index contributed by atoms with van der Waals surface area (Å²) < 4.78 is 5.58. The van der Waals surface area contributed by atoms with Crippen molar-refractivity contribution in [1.29, 1.82) is 0 Å². The SMILES string of the molecule is CC(=O)c1ccc(OCCCC(=O)NCc2ccc(C(=O)N(C)C)cc2)cc1. The van der Waals surface area contributed by atoms with Crippen LogP contribution in [0.1, 0.15) is 46.0 Å². The summed E-state index contributed by atoms with van der Waals surface area (Å²) in [5.41, 5.74) is 2.20. The highest BCUT2D eigenvalue weighted by Gasteiger charge is 2.08. The number of ketones is 1. The van der Waals surface area contributed by atoms with E-state index in [0.717, 1.165) is 5.56 Å². The van der Waals surface area contributed by atoms with E-state index in [4.69, 9.17) is 4.74 Å². The Bertz CT molecular complexity index is 811. The Kier molecular flexibility index (Phi) is 7.75. The molecule has 0 fully saturated rings. The summed E-state index contributed by atoms with van der Waals surface area (Å²) in [6, 6.07) is 14.1. The van der Waals surface area contributed by atoms with Crippen LogP contribution in [0.15, 0.2) is 48.5 Å². The predicted octanol–water partition coefficient (Wildman–Crippen LogP) is 3.07. The summed E-state index contributed by atoms with van der Waals surface area (Å²) in [6.45, 7) is 2.36. The van der Waals surface area contributed by atoms with Gasteiger partial charge in [-0.3, -0.25) is 14.4 Å². The minimum atomic E-state index is -0.0519. The highest BCUT2D eigenvalue weighted by Crippen LogP contribution is 2.13. The van der Waals surface area contributed by atoms with E-state index in [1.807, 2.05) is 12.1 Å². The molecule has 0 aliphatic rings. The zero-order chi connectivity index (χ0) is 20.5. The van der Waals surface area contributed by atoms with Gasteiger partial charge in [-0.15, -0.1) is 0 Å². The van der Waals surface area contributed by atoms with Crippen molar-refractivity contribution in [2.75, 3.05) is 20.7 Å². The molecule has 6 nitrogen and oxygen atoms in total. The third kappa shape index (κ3) is 6.54. The number of carbonyl (C=O) groups excluding carboxylic acids is 3. The zero-order valence-corrected chi connectivity index (χ0v) is 16.5. The van der Waals surface area contributed by atoms with E-state index in [9.17, 15) is 14.4 Å². The molecule has 1 N–H and O–H groups in total. The first-order valence-electron chi connectivity index (χ1n) is 9.18. The zero-order valence-electron chi connectivity index (χ0n) is 16.5. The standard InChI is InChI=1S/C22H26N2O4/c1-16(25)18-10-12-20(13-11-18)28-14-4-5-21(26)23-15-17-6-8-19(9-7-17)22(27)24(2)3/h6-13H,4-5,14-15H2,1-3H3,(H,23,26). The predicted molar refractivity (Wildman–Crippen MR) is 107 cm³/mol. The van der Waals surface area contributed by atoms with Gasteiger partial charge in [0.25, 0.3) is 5.91 Å². The second kappa shape index (κ2) is 10.3. The molecule has 0 aliphatic carbocycles. The topological polar surface area (TPSA) is 75.7 Å². The average Bonchev–Trinajstić information content (AvgIpc) is 2.69. The first-order chi connectivity index (χ1) is 13.4. The minimum Gasteiger partial charge on any atom is -0.494 e. The summed E-state index contributed by atoms with van der Waals surface area (Å²) in [5, 5.41) is 2.86. The quantitative estimate of drug-likeness (QED) is 0.534. The van der Waals surface area contributed by atoms with Crippen LogP contribution >= 0.6 is 0 Å². The first kappa shape index (κ1) is 21.2. The number of benzene rings is 2. The van der Waals surface area contributed by atoms with Gasteiger partial charge in [-0.2, -0.15) is 0 Å². The van der Waals surface area contributed by atoms with E-state index in [0.29, 0.717) is 42.9 Å². The Morgan fingerprint density at radius 3 is 2.11 bits per heavy atom. The van der Waals surface area contributed by atoms with Gasteiger partial charge in [-0.25, -0.2) is 0 Å². The molecule has 148 valence electrons. The Morgan fingerprint density at radius 2 is 1.54 bits per heavy atom. The monoisotopic (exact) mass is 382 g/mol. The van der Waals surface area contributed by atoms with Gasteiger partial charge in [-0.05, 0) is 55.3 Å². The summed E-state index contributed by atoms with van der Waals surface area (Å²) >= 11 is 0. The average molecular weight is 382 g/mol. The molecule has 0 aromatic heterocycles. The van der Waals surface area contributed by atoms with Crippen molar-refractivity contribution in [3.8, 4) is 5.75 Å². The Labute approximate surface area is 165 Å². The molecular formula is C22H26N2O4. The molecular weight excluding hydrogens is 356 g/mol. The number of carbonyl (C=O) groups is 3. The molecule has 0 bridgehead atoms. The smallest absolute Gasteiger partial charge is 0.253 e. The number of hydrogen-bond donors (Lipinski definition) is 1. The van der Waals surface area contributed by atoms with Crippen LogP contribution in [0.25, 0.3) is 0 Å². The van der Waals surface area contributed by atoms with E-state index in [1.54, 1.807) is 50.5 Å². The van der Waals surface area contributed by atoms with Crippen molar-refractivity contribution >= 4 is 17.6 Å². The number of Topliss-reactive ketones (excluding diaryl/α,β-unsaturated/α-hetero) is 1. The molecule has 0 radical (unpaired) electrons. The van der Waals surface area contributed by atoms with Gasteiger partial charge in [0.05, 0.1) is 6.61 Å². The van der Waals surface area contributed by atoms with Crippen LogP contribution in [0.3, 0.4) is 0 Å². The maximum atomic E-state index is 11.9. The second-order valence-electron chi connectivity index (χ2n) is 6.71. The Morgan fingerprint density at radius 1 is 0.929 bits per heavy atom. The fourth-order valence-corrected chi connectivity index (χ4v) is 2.52. The molecule has 0 aliphatic heterocycles. The third-order valence-electron chi connectivity index (χ3n) is 4.17. The van der Waals surface area contributed by atoms with Crippen LogP contribution in [0.4, 0.5) is 0 Å². The Hall–Kier alpha value is -3.15. The highest BCUT2D eigenvalue weighted by atomic mass is 16.5. The maximum Gasteiger partial charge on any atom is 0.253 e. The molecule has 6 heteroatoms. The molecule has 0 unspecified atom stereocenters. The van der Waals surface area contributed by atoms with Crippen LogP contribution in [0, 0.1) is 0 Å². The van der Waals surface area contributed by atoms with Gasteiger partial charge >= 0.3 is 0 Å². The molecule has 2 amide bonds. The van der Waals surface area contributed by atoms with Crippen LogP contribution in [0.2, 0.25) is 0 Å². The molecule has 0 saturated carbocycles. The van der Waals surface area contributed by atoms with Crippen molar-refractivity contribution in [3.63, 3.8) is 0 Å². The minimum absolute atomic E-state index is 0.0159. The van der Waals surface area contributed by atoms with Gasteiger partial charge in [-0.1, -0.05) is 12.1 Å². The number of rotatable bonds is 9. The van der Waals surface area contributed by atoms with E-state index < -0.39 is 0 Å². The Balaban J connectivity index is 1.67. The molecule has 0 saturated heterocycles. The molecule has 2 aromatic carbocycles. The molecule has 0 atom stereocenters. The highest BCUT2D eigenvalue weighted by molar-refractivity contribution is 5.94. The molecule has 0 heterocycles. The molecule has 2 rings (SSSR count). The lowest BCUT2D eigenvalue weighted by molar-refractivity contribution is -0.121. The number of amides is 2. The van der Waals surface area contributed by atoms with E-state index >= 15 is 0 Å². The summed E-state index contributed by atoms with van der Waals surface area (Å²) in [4.78, 5) is 36.5. The van der Waals surface area contributed by atoms with Gasteiger partial charge in [0, 0.05) is 38.2 Å². The first-order valence-corrected chi connectivity index (χ1v) is 9.18. The van der Waals surface area contributed by atoms with Gasteiger partial charge in [0.2, 0.25) is 5.91 Å². The van der Waals surface area contributed by atoms with Crippen molar-refractivity contribution in [1.82, 2.24) is 10.2 Å². The number of nitrogens with zero attached hydrogens (tertiary/aromatic N) is 1. The number of nitrogens with one attached hydrogen (secondary N) is 1. The third-order valence-corrected chi connectivity index (χ3v) is 4.17. The van der Waals surface area contributed by atoms with Crippen LogP contribution in [-0.2, 0) is 11.3 Å². The van der Waals surface area contributed by atoms with Crippen molar-refractivity contribution in [3.05, 3.63) is 65.2 Å². The van der Waals surface area contributed by atoms with Crippen LogP contribution in [-0.4, -0.2) is 43.2 Å². The lowest BCUT2D eigenvalue weighted by Crippen LogP contribution is -2.23. The van der Waals surface area contributed by atoms with Gasteiger partial charge < -0.3 is 15.0 Å². The van der Waals surface area contributed by atoms with Crippen molar-refractivity contribution < 1.29 is 19.1 Å². The van der Waals surface area contributed by atoms with Crippen LogP contribution < -0.4 is 10.1 Å². The second-order valence-corrected chi connectivity index (χ2v) is 6.71. The maximum absolute atomic E-state index is 11.9. The van der Waals surface area contributed by atoms with E-state index in [2.05, 4.69) is 5.32 Å². The summed E-state index contributed by atoms with van der Waals surface area (Å²) in [7, 11) is 3.42. The summed E-state index contributed by atoms with van der Waals surface area (Å²) in [5.74, 6) is 0.593. The largest absolute Gasteiger partial charge is 0.494 e. The van der Waals surface area contributed by atoms with Gasteiger partial charge in [0.15, 0.2) is 5.78 Å². The van der Waals surface area contributed by atoms with Crippen molar-refractivity contribution in [2.24, 2.45) is 0 Å². The van der Waals surface area contributed by atoms with E-state index in [1.165, 1.54) is 11.8 Å². The number of hydrogen-bond acceptors (Lipinski definition) is 4. The van der Waals surface area contributed by atoms with Gasteiger partial charge in [0.1, 0.15) is 5.75 Å². The lowest BCUT2D eigenvalue weighted by Gasteiger charge is -2.11. The fourth-order valence-electron chi connectivity index (χ4n) is 2.52. The van der Waals surface area contributed by atoms with Crippen LogP contribution in [0.5, 0.6) is 5.75 Å². The van der Waals surface area contributed by atoms with Crippen molar-refractivity contribution in [2.45, 2.75) is 26.3 Å². The van der Waals surface area contributed by atoms with E-state index in [-0.39, 0.29) is 17.6 Å². The molecule has 2 aromatic rings.